The fraction of sp³-hybridized carbons (Fsp3) is 0.0741. The number of hydrogen-bond donors (Lipinski definition) is 3. The summed E-state index contributed by atoms with van der Waals surface area (Å²) < 4.78 is 1.94. The largest absolute Gasteiger partial charge is 0.507 e. The molecule has 36 heavy (non-hydrogen) atoms. The van der Waals surface area contributed by atoms with Gasteiger partial charge in [-0.3, -0.25) is 14.2 Å². The highest BCUT2D eigenvalue weighted by Crippen LogP contribution is 2.30. The molecule has 5 rings (SSSR count). The lowest BCUT2D eigenvalue weighted by molar-refractivity contribution is -0.116. The molecular formula is C27H22N6O3. The van der Waals surface area contributed by atoms with E-state index in [0.29, 0.717) is 41.2 Å². The minimum Gasteiger partial charge on any atom is -0.507 e. The molecule has 3 aromatic heterocycles. The van der Waals surface area contributed by atoms with Crippen molar-refractivity contribution in [2.45, 2.75) is 12.8 Å². The topological polar surface area (TPSA) is 136 Å². The number of hydrogen-bond acceptors (Lipinski definition) is 7. The van der Waals surface area contributed by atoms with Gasteiger partial charge in [0.15, 0.2) is 17.8 Å². The molecule has 0 saturated carbocycles. The molecule has 3 heterocycles. The molecule has 9 heteroatoms. The average molecular weight is 479 g/mol. The maximum absolute atomic E-state index is 12.4. The fourth-order valence-electron chi connectivity index (χ4n) is 3.96. The van der Waals surface area contributed by atoms with Gasteiger partial charge < -0.3 is 16.2 Å². The van der Waals surface area contributed by atoms with E-state index in [1.807, 2.05) is 53.1 Å². The number of carbonyl (C=O) groups excluding carboxylic acids is 2. The molecule has 2 aromatic carbocycles. The Bertz CT molecular complexity index is 1580. The third-order valence-corrected chi connectivity index (χ3v) is 5.77. The second-order valence-corrected chi connectivity index (χ2v) is 8.16. The van der Waals surface area contributed by atoms with E-state index in [9.17, 15) is 14.7 Å². The molecule has 0 bridgehead atoms. The number of fused-ring (bicyclic) bond motifs is 1. The SMILES string of the molecule is Nc1ncccc1-c1nc2cccnc2n1-c1ccc(CCC(=O)Nc2ccc(C=O)c(O)c2)cc1. The number of pyridine rings is 2. The van der Waals surface area contributed by atoms with Crippen LogP contribution in [-0.2, 0) is 11.2 Å². The van der Waals surface area contributed by atoms with E-state index in [-0.39, 0.29) is 23.6 Å². The van der Waals surface area contributed by atoms with Crippen LogP contribution in [0.25, 0.3) is 28.2 Å². The van der Waals surface area contributed by atoms with Gasteiger partial charge in [0.2, 0.25) is 5.91 Å². The molecule has 0 aliphatic carbocycles. The molecule has 1 amide bonds. The van der Waals surface area contributed by atoms with Crippen molar-refractivity contribution in [3.8, 4) is 22.8 Å². The molecule has 0 atom stereocenters. The van der Waals surface area contributed by atoms with Crippen LogP contribution in [0.4, 0.5) is 11.5 Å². The Morgan fingerprint density at radius 1 is 1.03 bits per heavy atom. The Balaban J connectivity index is 1.35. The molecule has 0 saturated heterocycles. The van der Waals surface area contributed by atoms with E-state index in [4.69, 9.17) is 10.7 Å². The van der Waals surface area contributed by atoms with Gasteiger partial charge >= 0.3 is 0 Å². The van der Waals surface area contributed by atoms with Gasteiger partial charge in [0.1, 0.15) is 17.1 Å². The maximum Gasteiger partial charge on any atom is 0.224 e. The summed E-state index contributed by atoms with van der Waals surface area (Å²) in [4.78, 5) is 36.7. The summed E-state index contributed by atoms with van der Waals surface area (Å²) in [6.45, 7) is 0. The van der Waals surface area contributed by atoms with Crippen molar-refractivity contribution < 1.29 is 14.7 Å². The molecule has 0 spiro atoms. The van der Waals surface area contributed by atoms with Gasteiger partial charge in [-0.05, 0) is 60.5 Å². The zero-order valence-electron chi connectivity index (χ0n) is 19.1. The number of aromatic hydroxyl groups is 1. The van der Waals surface area contributed by atoms with Gasteiger partial charge in [0, 0.05) is 36.3 Å². The molecule has 0 aliphatic heterocycles. The van der Waals surface area contributed by atoms with Crippen molar-refractivity contribution in [1.29, 1.82) is 0 Å². The number of aryl methyl sites for hydroxylation is 1. The molecule has 9 nitrogen and oxygen atoms in total. The monoisotopic (exact) mass is 478 g/mol. The van der Waals surface area contributed by atoms with Gasteiger partial charge in [-0.2, -0.15) is 0 Å². The van der Waals surface area contributed by atoms with Crippen LogP contribution < -0.4 is 11.1 Å². The molecule has 0 fully saturated rings. The Morgan fingerprint density at radius 3 is 2.56 bits per heavy atom. The van der Waals surface area contributed by atoms with Crippen molar-refractivity contribution in [2.75, 3.05) is 11.1 Å². The zero-order valence-corrected chi connectivity index (χ0v) is 19.1. The van der Waals surface area contributed by atoms with E-state index in [1.54, 1.807) is 18.5 Å². The first-order valence-electron chi connectivity index (χ1n) is 11.2. The summed E-state index contributed by atoms with van der Waals surface area (Å²) in [6, 6.07) is 19.6. The Kier molecular flexibility index (Phi) is 6.10. The lowest BCUT2D eigenvalue weighted by Gasteiger charge is -2.11. The molecule has 0 aliphatic rings. The second kappa shape index (κ2) is 9.67. The molecule has 0 radical (unpaired) electrons. The van der Waals surface area contributed by atoms with Crippen LogP contribution in [0, 0.1) is 0 Å². The normalized spacial score (nSPS) is 10.9. The highest BCUT2D eigenvalue weighted by molar-refractivity contribution is 5.92. The van der Waals surface area contributed by atoms with Crippen LogP contribution in [-0.4, -0.2) is 36.8 Å². The van der Waals surface area contributed by atoms with Crippen molar-refractivity contribution in [2.24, 2.45) is 0 Å². The number of carbonyl (C=O) groups is 2. The third kappa shape index (κ3) is 4.49. The smallest absolute Gasteiger partial charge is 0.224 e. The van der Waals surface area contributed by atoms with Crippen molar-refractivity contribution >= 4 is 34.9 Å². The van der Waals surface area contributed by atoms with E-state index in [1.165, 1.54) is 12.1 Å². The Labute approximate surface area is 206 Å². The number of nitrogens with two attached hydrogens (primary N) is 1. The number of nitrogen functional groups attached to an aromatic ring is 1. The third-order valence-electron chi connectivity index (χ3n) is 5.77. The number of rotatable bonds is 7. The predicted molar refractivity (Wildman–Crippen MR) is 137 cm³/mol. The van der Waals surface area contributed by atoms with Crippen molar-refractivity contribution in [3.05, 3.63) is 90.3 Å². The van der Waals surface area contributed by atoms with Crippen molar-refractivity contribution in [1.82, 2.24) is 19.5 Å². The lowest BCUT2D eigenvalue weighted by Crippen LogP contribution is -2.12. The molecule has 5 aromatic rings. The predicted octanol–water partition coefficient (Wildman–Crippen LogP) is 4.15. The lowest BCUT2D eigenvalue weighted by atomic mass is 10.1. The molecular weight excluding hydrogens is 456 g/mol. The van der Waals surface area contributed by atoms with Gasteiger partial charge in [-0.15, -0.1) is 0 Å². The van der Waals surface area contributed by atoms with Crippen molar-refractivity contribution in [3.63, 3.8) is 0 Å². The fourth-order valence-corrected chi connectivity index (χ4v) is 3.96. The number of benzene rings is 2. The number of nitrogens with one attached hydrogen (secondary N) is 1. The first kappa shape index (κ1) is 22.7. The van der Waals surface area contributed by atoms with Crippen LogP contribution in [0.15, 0.2) is 79.1 Å². The number of imidazole rings is 1. The number of aldehydes is 1. The highest BCUT2D eigenvalue weighted by Gasteiger charge is 2.17. The summed E-state index contributed by atoms with van der Waals surface area (Å²) >= 11 is 0. The minimum atomic E-state index is -0.198. The quantitative estimate of drug-likeness (QED) is 0.299. The van der Waals surface area contributed by atoms with Gasteiger partial charge in [-0.25, -0.2) is 15.0 Å². The molecule has 178 valence electrons. The summed E-state index contributed by atoms with van der Waals surface area (Å²) in [6.07, 6.45) is 4.69. The van der Waals surface area contributed by atoms with E-state index >= 15 is 0 Å². The number of phenolic OH excluding ortho intramolecular Hbond substituents is 1. The number of phenols is 1. The highest BCUT2D eigenvalue weighted by atomic mass is 16.3. The summed E-state index contributed by atoms with van der Waals surface area (Å²) in [5.74, 6) is 0.653. The zero-order chi connectivity index (χ0) is 25.1. The van der Waals surface area contributed by atoms with Gasteiger partial charge in [0.25, 0.3) is 0 Å². The number of anilines is 2. The summed E-state index contributed by atoms with van der Waals surface area (Å²) in [7, 11) is 0. The minimum absolute atomic E-state index is 0.170. The second-order valence-electron chi connectivity index (χ2n) is 8.16. The van der Waals surface area contributed by atoms with Crippen LogP contribution >= 0.6 is 0 Å². The first-order chi connectivity index (χ1) is 17.5. The summed E-state index contributed by atoms with van der Waals surface area (Å²) in [5.41, 5.74) is 10.7. The van der Waals surface area contributed by atoms with Crippen LogP contribution in [0.2, 0.25) is 0 Å². The van der Waals surface area contributed by atoms with Crippen LogP contribution in [0.1, 0.15) is 22.3 Å². The Morgan fingerprint density at radius 2 is 1.81 bits per heavy atom. The van der Waals surface area contributed by atoms with E-state index in [2.05, 4.69) is 15.3 Å². The standard InChI is InChI=1S/C27H22N6O3/c28-25-21(3-1-13-29-25)26-32-22-4-2-14-30-27(22)33(26)20-10-5-17(6-11-20)7-12-24(36)31-19-9-8-18(16-34)23(35)15-19/h1-6,8-11,13-16,35H,7,12H2,(H2,28,29)(H,31,36). The van der Waals surface area contributed by atoms with E-state index < -0.39 is 0 Å². The molecule has 4 N–H and O–H groups in total. The van der Waals surface area contributed by atoms with Gasteiger partial charge in [0.05, 0.1) is 11.1 Å². The maximum atomic E-state index is 12.4. The first-order valence-corrected chi connectivity index (χ1v) is 11.2. The number of aromatic nitrogens is 4. The average Bonchev–Trinajstić information content (AvgIpc) is 3.27. The summed E-state index contributed by atoms with van der Waals surface area (Å²) in [5, 5.41) is 12.5. The van der Waals surface area contributed by atoms with Crippen LogP contribution in [0.5, 0.6) is 5.75 Å². The molecule has 0 unspecified atom stereocenters. The van der Waals surface area contributed by atoms with E-state index in [0.717, 1.165) is 16.8 Å². The van der Waals surface area contributed by atoms with Gasteiger partial charge in [-0.1, -0.05) is 12.1 Å². The Hall–Kier alpha value is -5.05. The van der Waals surface area contributed by atoms with Crippen LogP contribution in [0.3, 0.4) is 0 Å². The number of amides is 1. The number of nitrogens with zero attached hydrogens (tertiary/aromatic N) is 4.